The number of aliphatic hydroxyl groups excluding tert-OH is 1. The zero-order chi connectivity index (χ0) is 10.4. The smallest absolute Gasteiger partial charge is 0.252 e. The molecule has 1 rings (SSSR count). The first-order valence-corrected chi connectivity index (χ1v) is 5.31. The second kappa shape index (κ2) is 5.92. The van der Waals surface area contributed by atoms with Crippen LogP contribution in [0.2, 0.25) is 0 Å². The lowest BCUT2D eigenvalue weighted by atomic mass is 10.2. The Balaban J connectivity index is 2.52. The molecule has 0 saturated carbocycles. The van der Waals surface area contributed by atoms with Crippen molar-refractivity contribution in [3.8, 4) is 0 Å². The molecule has 76 valence electrons. The van der Waals surface area contributed by atoms with E-state index in [1.807, 2.05) is 0 Å². The van der Waals surface area contributed by atoms with Crippen LogP contribution in [0.5, 0.6) is 0 Å². The summed E-state index contributed by atoms with van der Waals surface area (Å²) in [6, 6.07) is 1.77. The monoisotopic (exact) mass is 306 g/mol. The molecule has 0 spiro atoms. The molecule has 0 aliphatic heterocycles. The van der Waals surface area contributed by atoms with Gasteiger partial charge in [-0.1, -0.05) is 0 Å². The summed E-state index contributed by atoms with van der Waals surface area (Å²) < 4.78 is 0.928. The van der Waals surface area contributed by atoms with Gasteiger partial charge in [0, 0.05) is 29.1 Å². The van der Waals surface area contributed by atoms with Crippen LogP contribution in [0.3, 0.4) is 0 Å². The van der Waals surface area contributed by atoms with Crippen molar-refractivity contribution in [1.29, 1.82) is 0 Å². The van der Waals surface area contributed by atoms with Crippen LogP contribution in [0, 0.1) is 3.57 Å². The van der Waals surface area contributed by atoms with Crippen molar-refractivity contribution in [3.05, 3.63) is 27.6 Å². The Labute approximate surface area is 95.9 Å². The van der Waals surface area contributed by atoms with Crippen LogP contribution in [-0.4, -0.2) is 29.1 Å². The van der Waals surface area contributed by atoms with E-state index in [4.69, 9.17) is 5.11 Å². The lowest BCUT2D eigenvalue weighted by molar-refractivity contribution is 0.0950. The number of amides is 1. The maximum absolute atomic E-state index is 11.4. The molecule has 14 heavy (non-hydrogen) atoms. The molecule has 1 aromatic heterocycles. The van der Waals surface area contributed by atoms with E-state index in [0.717, 1.165) is 3.57 Å². The molecule has 0 radical (unpaired) electrons. The van der Waals surface area contributed by atoms with Gasteiger partial charge in [0.2, 0.25) is 0 Å². The minimum absolute atomic E-state index is 0.0881. The molecule has 5 heteroatoms. The predicted molar refractivity (Wildman–Crippen MR) is 61.0 cm³/mol. The Morgan fingerprint density at radius 2 is 2.36 bits per heavy atom. The van der Waals surface area contributed by atoms with Gasteiger partial charge in [-0.2, -0.15) is 0 Å². The maximum Gasteiger partial charge on any atom is 0.252 e. The number of nitrogens with one attached hydrogen (secondary N) is 1. The van der Waals surface area contributed by atoms with Crippen molar-refractivity contribution in [3.63, 3.8) is 0 Å². The molecule has 0 aliphatic rings. The fourth-order valence-electron chi connectivity index (χ4n) is 0.919. The molecule has 0 unspecified atom stereocenters. The number of halogens is 1. The molecule has 0 fully saturated rings. The van der Waals surface area contributed by atoms with Gasteiger partial charge in [0.25, 0.3) is 5.91 Å². The fourth-order valence-corrected chi connectivity index (χ4v) is 1.42. The van der Waals surface area contributed by atoms with Gasteiger partial charge in [0.1, 0.15) is 0 Å². The topological polar surface area (TPSA) is 62.2 Å². The van der Waals surface area contributed by atoms with Crippen LogP contribution in [0.15, 0.2) is 18.5 Å². The largest absolute Gasteiger partial charge is 0.396 e. The lowest BCUT2D eigenvalue weighted by Gasteiger charge is -2.03. The van der Waals surface area contributed by atoms with Gasteiger partial charge in [-0.3, -0.25) is 9.78 Å². The van der Waals surface area contributed by atoms with Crippen molar-refractivity contribution in [1.82, 2.24) is 10.3 Å². The highest BCUT2D eigenvalue weighted by Gasteiger charge is 2.04. The average Bonchev–Trinajstić information content (AvgIpc) is 2.18. The number of carbonyl (C=O) groups excluding carboxylic acids is 1. The second-order valence-corrected chi connectivity index (χ2v) is 3.97. The molecule has 4 nitrogen and oxygen atoms in total. The van der Waals surface area contributed by atoms with Gasteiger partial charge in [-0.05, 0) is 35.1 Å². The van der Waals surface area contributed by atoms with Gasteiger partial charge in [0.15, 0.2) is 0 Å². The zero-order valence-electron chi connectivity index (χ0n) is 7.53. The van der Waals surface area contributed by atoms with E-state index in [1.54, 1.807) is 12.3 Å². The lowest BCUT2D eigenvalue weighted by Crippen LogP contribution is -2.25. The summed E-state index contributed by atoms with van der Waals surface area (Å²) in [7, 11) is 0. The molecule has 0 atom stereocenters. The van der Waals surface area contributed by atoms with E-state index in [1.165, 1.54) is 6.20 Å². The molecule has 0 aliphatic carbocycles. The number of aliphatic hydroxyl groups is 1. The Kier molecular flexibility index (Phi) is 4.81. The van der Waals surface area contributed by atoms with Crippen molar-refractivity contribution in [2.24, 2.45) is 0 Å². The first-order chi connectivity index (χ1) is 6.74. The van der Waals surface area contributed by atoms with E-state index in [-0.39, 0.29) is 12.5 Å². The van der Waals surface area contributed by atoms with Crippen molar-refractivity contribution >= 4 is 28.5 Å². The molecule has 0 saturated heterocycles. The summed E-state index contributed by atoms with van der Waals surface area (Å²) >= 11 is 2.10. The summed E-state index contributed by atoms with van der Waals surface area (Å²) in [5, 5.41) is 11.2. The molecule has 1 heterocycles. The summed E-state index contributed by atoms with van der Waals surface area (Å²) in [6.45, 7) is 0.575. The second-order valence-electron chi connectivity index (χ2n) is 2.72. The summed E-state index contributed by atoms with van der Waals surface area (Å²) in [6.07, 6.45) is 3.78. The van der Waals surface area contributed by atoms with Crippen LogP contribution >= 0.6 is 22.6 Å². The number of hydrogen-bond acceptors (Lipinski definition) is 3. The van der Waals surface area contributed by atoms with Crippen LogP contribution < -0.4 is 5.32 Å². The van der Waals surface area contributed by atoms with Gasteiger partial charge >= 0.3 is 0 Å². The normalized spacial score (nSPS) is 9.86. The van der Waals surface area contributed by atoms with E-state index in [2.05, 4.69) is 32.9 Å². The molecule has 1 amide bonds. The third-order valence-corrected chi connectivity index (χ3v) is 2.18. The zero-order valence-corrected chi connectivity index (χ0v) is 9.69. The minimum Gasteiger partial charge on any atom is -0.396 e. The van der Waals surface area contributed by atoms with Gasteiger partial charge < -0.3 is 10.4 Å². The van der Waals surface area contributed by atoms with E-state index >= 15 is 0 Å². The average molecular weight is 306 g/mol. The Morgan fingerprint density at radius 1 is 1.57 bits per heavy atom. The maximum atomic E-state index is 11.4. The van der Waals surface area contributed by atoms with Gasteiger partial charge in [0.05, 0.1) is 5.56 Å². The molecule has 2 N–H and O–H groups in total. The number of aromatic nitrogens is 1. The van der Waals surface area contributed by atoms with Crippen LogP contribution in [-0.2, 0) is 0 Å². The molecule has 0 bridgehead atoms. The van der Waals surface area contributed by atoms with Crippen molar-refractivity contribution < 1.29 is 9.90 Å². The van der Waals surface area contributed by atoms with Crippen molar-refractivity contribution in [2.45, 2.75) is 6.42 Å². The first-order valence-electron chi connectivity index (χ1n) is 4.23. The highest BCUT2D eigenvalue weighted by molar-refractivity contribution is 14.1. The standard InChI is InChI=1S/C9H11IN2O2/c10-8-4-7(5-11-6-8)9(14)12-2-1-3-13/h4-6,13H,1-3H2,(H,12,14). The Morgan fingerprint density at radius 3 is 3.00 bits per heavy atom. The van der Waals surface area contributed by atoms with Crippen LogP contribution in [0.1, 0.15) is 16.8 Å². The Hall–Kier alpha value is -0.690. The summed E-state index contributed by atoms with van der Waals surface area (Å²) in [4.78, 5) is 15.4. The summed E-state index contributed by atoms with van der Waals surface area (Å²) in [5.74, 6) is -0.149. The van der Waals surface area contributed by atoms with Crippen LogP contribution in [0.4, 0.5) is 0 Å². The summed E-state index contributed by atoms with van der Waals surface area (Å²) in [5.41, 5.74) is 0.551. The molecular formula is C9H11IN2O2. The highest BCUT2D eigenvalue weighted by Crippen LogP contribution is 2.04. The minimum atomic E-state index is -0.149. The Bertz CT molecular complexity index is 317. The van der Waals surface area contributed by atoms with E-state index in [9.17, 15) is 4.79 Å². The van der Waals surface area contributed by atoms with Gasteiger partial charge in [-0.15, -0.1) is 0 Å². The third kappa shape index (κ3) is 3.59. The number of hydrogen-bond donors (Lipinski definition) is 2. The van der Waals surface area contributed by atoms with Gasteiger partial charge in [-0.25, -0.2) is 0 Å². The quantitative estimate of drug-likeness (QED) is 0.639. The first kappa shape index (κ1) is 11.4. The fraction of sp³-hybridized carbons (Fsp3) is 0.333. The number of carbonyl (C=O) groups is 1. The van der Waals surface area contributed by atoms with Crippen LogP contribution in [0.25, 0.3) is 0 Å². The number of pyridine rings is 1. The number of nitrogens with zero attached hydrogens (tertiary/aromatic N) is 1. The predicted octanol–water partition coefficient (Wildman–Crippen LogP) is 0.798. The third-order valence-electron chi connectivity index (χ3n) is 1.59. The molecule has 1 aromatic rings. The number of rotatable bonds is 4. The van der Waals surface area contributed by atoms with Crippen molar-refractivity contribution in [2.75, 3.05) is 13.2 Å². The van der Waals surface area contributed by atoms with E-state index in [0.29, 0.717) is 18.5 Å². The van der Waals surface area contributed by atoms with E-state index < -0.39 is 0 Å². The molecular weight excluding hydrogens is 295 g/mol. The highest BCUT2D eigenvalue weighted by atomic mass is 127. The molecule has 0 aromatic carbocycles. The SMILES string of the molecule is O=C(NCCCO)c1cncc(I)c1.